The zero-order valence-electron chi connectivity index (χ0n) is 6.68. The molecule has 11 heavy (non-hydrogen) atoms. The second-order valence-electron chi connectivity index (χ2n) is 3.09. The van der Waals surface area contributed by atoms with Crippen molar-refractivity contribution in [3.8, 4) is 0 Å². The lowest BCUT2D eigenvalue weighted by atomic mass is 9.99. The maximum Gasteiger partial charge on any atom is 0.0708 e. The van der Waals surface area contributed by atoms with Crippen molar-refractivity contribution in [1.82, 2.24) is 5.32 Å². The van der Waals surface area contributed by atoms with Gasteiger partial charge in [0, 0.05) is 18.2 Å². The topological polar surface area (TPSA) is 24.4 Å². The molecule has 0 radical (unpaired) electrons. The Morgan fingerprint density at radius 1 is 1.36 bits per heavy atom. The molecule has 2 aliphatic rings. The molecule has 0 aliphatic carbocycles. The van der Waals surface area contributed by atoms with Crippen molar-refractivity contribution in [1.29, 1.82) is 0 Å². The van der Waals surface area contributed by atoms with Crippen molar-refractivity contribution in [2.24, 2.45) is 10.9 Å². The minimum absolute atomic E-state index is 0.795. The predicted octanol–water partition coefficient (Wildman–Crippen LogP) is 1.13. The molecule has 2 aliphatic heterocycles. The Morgan fingerprint density at radius 3 is 2.82 bits per heavy atom. The lowest BCUT2D eigenvalue weighted by Crippen LogP contribution is -2.30. The van der Waals surface area contributed by atoms with E-state index in [-0.39, 0.29) is 0 Å². The molecule has 1 N–H and O–H groups in total. The first-order valence-corrected chi connectivity index (χ1v) is 5.33. The van der Waals surface area contributed by atoms with Gasteiger partial charge in [-0.05, 0) is 25.9 Å². The van der Waals surface area contributed by atoms with Crippen molar-refractivity contribution in [3.05, 3.63) is 0 Å². The molecule has 0 atom stereocenters. The number of thioether (sulfide) groups is 1. The lowest BCUT2D eigenvalue weighted by molar-refractivity contribution is 0.460. The monoisotopic (exact) mass is 170 g/mol. The van der Waals surface area contributed by atoms with Crippen molar-refractivity contribution in [2.75, 3.05) is 25.4 Å². The highest BCUT2D eigenvalue weighted by Gasteiger charge is 2.21. The molecule has 0 amide bonds. The Kier molecular flexibility index (Phi) is 2.48. The minimum atomic E-state index is 0.795. The predicted molar refractivity (Wildman–Crippen MR) is 50.4 cm³/mol. The van der Waals surface area contributed by atoms with E-state index in [1.807, 2.05) is 11.8 Å². The Hall–Kier alpha value is -0.0200. The van der Waals surface area contributed by atoms with Crippen molar-refractivity contribution >= 4 is 16.8 Å². The van der Waals surface area contributed by atoms with Crippen LogP contribution in [0.1, 0.15) is 12.8 Å². The van der Waals surface area contributed by atoms with E-state index < -0.39 is 0 Å². The molecule has 2 nitrogen and oxygen atoms in total. The van der Waals surface area contributed by atoms with Gasteiger partial charge in [0.05, 0.1) is 5.04 Å². The summed E-state index contributed by atoms with van der Waals surface area (Å²) >= 11 is 1.97. The summed E-state index contributed by atoms with van der Waals surface area (Å²) in [5, 5.41) is 4.81. The average Bonchev–Trinajstić information content (AvgIpc) is 2.58. The Balaban J connectivity index is 1.92. The van der Waals surface area contributed by atoms with Crippen LogP contribution in [0.3, 0.4) is 0 Å². The van der Waals surface area contributed by atoms with E-state index in [2.05, 4.69) is 10.3 Å². The molecule has 0 bridgehead atoms. The van der Waals surface area contributed by atoms with Crippen molar-refractivity contribution in [3.63, 3.8) is 0 Å². The van der Waals surface area contributed by atoms with E-state index in [0.717, 1.165) is 12.5 Å². The Bertz CT molecular complexity index is 161. The second-order valence-corrected chi connectivity index (χ2v) is 4.21. The van der Waals surface area contributed by atoms with Crippen LogP contribution >= 0.6 is 11.8 Å². The van der Waals surface area contributed by atoms with Crippen LogP contribution in [0.4, 0.5) is 0 Å². The van der Waals surface area contributed by atoms with Gasteiger partial charge in [-0.2, -0.15) is 0 Å². The number of piperidine rings is 1. The number of hydrogen-bond acceptors (Lipinski definition) is 3. The van der Waals surface area contributed by atoms with Crippen LogP contribution in [0.15, 0.2) is 4.99 Å². The zero-order chi connectivity index (χ0) is 7.52. The van der Waals surface area contributed by atoms with Gasteiger partial charge in [-0.1, -0.05) is 0 Å². The molecule has 0 spiro atoms. The number of aliphatic imine (C=N–C) groups is 1. The largest absolute Gasteiger partial charge is 0.317 e. The zero-order valence-corrected chi connectivity index (χ0v) is 7.49. The molecule has 0 aromatic carbocycles. The third-order valence-electron chi connectivity index (χ3n) is 2.30. The molecule has 1 saturated heterocycles. The second kappa shape index (κ2) is 3.59. The maximum atomic E-state index is 4.51. The number of hydrogen-bond donors (Lipinski definition) is 1. The summed E-state index contributed by atoms with van der Waals surface area (Å²) in [4.78, 5) is 4.51. The van der Waals surface area contributed by atoms with Crippen LogP contribution in [0.25, 0.3) is 0 Å². The van der Waals surface area contributed by atoms with Gasteiger partial charge in [0.1, 0.15) is 0 Å². The molecule has 62 valence electrons. The summed E-state index contributed by atoms with van der Waals surface area (Å²) in [6.45, 7) is 3.43. The van der Waals surface area contributed by atoms with Gasteiger partial charge in [-0.3, -0.25) is 4.99 Å². The molecule has 0 unspecified atom stereocenters. The molecule has 0 aromatic heterocycles. The summed E-state index contributed by atoms with van der Waals surface area (Å²) in [7, 11) is 0. The van der Waals surface area contributed by atoms with E-state index in [0.29, 0.717) is 0 Å². The third kappa shape index (κ3) is 1.76. The molecular weight excluding hydrogens is 156 g/mol. The van der Waals surface area contributed by atoms with Gasteiger partial charge in [-0.25, -0.2) is 0 Å². The third-order valence-corrected chi connectivity index (χ3v) is 3.44. The van der Waals surface area contributed by atoms with Crippen LogP contribution < -0.4 is 5.32 Å². The number of nitrogens with one attached hydrogen (secondary N) is 1. The van der Waals surface area contributed by atoms with E-state index in [1.165, 1.54) is 36.7 Å². The van der Waals surface area contributed by atoms with E-state index >= 15 is 0 Å². The fourth-order valence-electron chi connectivity index (χ4n) is 1.67. The number of nitrogens with zero attached hydrogens (tertiary/aromatic N) is 1. The van der Waals surface area contributed by atoms with Gasteiger partial charge in [-0.15, -0.1) is 11.8 Å². The summed E-state index contributed by atoms with van der Waals surface area (Å²) in [5.74, 6) is 2.02. The Morgan fingerprint density at radius 2 is 2.18 bits per heavy atom. The van der Waals surface area contributed by atoms with Crippen LogP contribution in [0.5, 0.6) is 0 Å². The highest BCUT2D eigenvalue weighted by Crippen LogP contribution is 2.24. The Labute approximate surface area is 71.9 Å². The smallest absolute Gasteiger partial charge is 0.0708 e. The van der Waals surface area contributed by atoms with E-state index in [1.54, 1.807) is 0 Å². The summed E-state index contributed by atoms with van der Waals surface area (Å²) in [6.07, 6.45) is 2.59. The maximum absolute atomic E-state index is 4.51. The highest BCUT2D eigenvalue weighted by atomic mass is 32.2. The summed E-state index contributed by atoms with van der Waals surface area (Å²) < 4.78 is 0. The first-order valence-electron chi connectivity index (χ1n) is 4.34. The molecular formula is C8H14N2S. The molecule has 0 saturated carbocycles. The molecule has 0 aromatic rings. The van der Waals surface area contributed by atoms with Gasteiger partial charge in [0.25, 0.3) is 0 Å². The summed E-state index contributed by atoms with van der Waals surface area (Å²) in [6, 6.07) is 0. The summed E-state index contributed by atoms with van der Waals surface area (Å²) in [5.41, 5.74) is 0. The quantitative estimate of drug-likeness (QED) is 0.638. The van der Waals surface area contributed by atoms with Gasteiger partial charge < -0.3 is 5.32 Å². The first-order chi connectivity index (χ1) is 5.47. The molecule has 2 rings (SSSR count). The van der Waals surface area contributed by atoms with E-state index in [4.69, 9.17) is 0 Å². The molecule has 2 heterocycles. The van der Waals surface area contributed by atoms with Gasteiger partial charge >= 0.3 is 0 Å². The normalized spacial score (nSPS) is 27.1. The SMILES string of the molecule is C1CSC(C2CCNCC2)=N1. The van der Waals surface area contributed by atoms with E-state index in [9.17, 15) is 0 Å². The molecule has 1 fully saturated rings. The number of rotatable bonds is 1. The van der Waals surface area contributed by atoms with Crippen LogP contribution in [0.2, 0.25) is 0 Å². The lowest BCUT2D eigenvalue weighted by Gasteiger charge is -2.21. The fraction of sp³-hybridized carbons (Fsp3) is 0.875. The molecule has 3 heteroatoms. The standard InChI is InChI=1S/C8H14N2S/c1-3-9-4-2-7(1)8-10-5-6-11-8/h7,9H,1-6H2. The van der Waals surface area contributed by atoms with Crippen LogP contribution in [-0.2, 0) is 0 Å². The average molecular weight is 170 g/mol. The fourth-order valence-corrected chi connectivity index (χ4v) is 2.71. The van der Waals surface area contributed by atoms with Gasteiger partial charge in [0.15, 0.2) is 0 Å². The van der Waals surface area contributed by atoms with Crippen molar-refractivity contribution in [2.45, 2.75) is 12.8 Å². The highest BCUT2D eigenvalue weighted by molar-refractivity contribution is 8.14. The van der Waals surface area contributed by atoms with Crippen LogP contribution in [-0.4, -0.2) is 30.4 Å². The van der Waals surface area contributed by atoms with Crippen LogP contribution in [0, 0.1) is 5.92 Å². The van der Waals surface area contributed by atoms with Crippen molar-refractivity contribution < 1.29 is 0 Å². The van der Waals surface area contributed by atoms with Gasteiger partial charge in [0.2, 0.25) is 0 Å². The minimum Gasteiger partial charge on any atom is -0.317 e. The first kappa shape index (κ1) is 7.62.